The van der Waals surface area contributed by atoms with E-state index < -0.39 is 11.2 Å². The lowest BCUT2D eigenvalue weighted by atomic mass is 10.2. The van der Waals surface area contributed by atoms with E-state index in [0.29, 0.717) is 5.56 Å². The van der Waals surface area contributed by atoms with Gasteiger partial charge in [0, 0.05) is 10.0 Å². The van der Waals surface area contributed by atoms with Crippen LogP contribution in [0.15, 0.2) is 28.7 Å². The van der Waals surface area contributed by atoms with E-state index in [1.807, 2.05) is 0 Å². The lowest BCUT2D eigenvalue weighted by Gasteiger charge is -2.05. The topological polar surface area (TPSA) is 54.4 Å². The van der Waals surface area contributed by atoms with Crippen molar-refractivity contribution in [3.8, 4) is 0 Å². The monoisotopic (exact) mass is 302 g/mol. The summed E-state index contributed by atoms with van der Waals surface area (Å²) in [6.07, 6.45) is 0. The Hall–Kier alpha value is -0.810. The number of ketones is 1. The Kier molecular flexibility index (Phi) is 5.02. The third kappa shape index (κ3) is 3.98. The highest BCUT2D eigenvalue weighted by molar-refractivity contribution is 9.10. The maximum absolute atomic E-state index is 11.7. The van der Waals surface area contributed by atoms with Gasteiger partial charge in [0.05, 0.1) is 11.0 Å². The van der Waals surface area contributed by atoms with Crippen LogP contribution in [0.25, 0.3) is 0 Å². The number of rotatable bonds is 5. The van der Waals surface area contributed by atoms with Crippen LogP contribution in [0.5, 0.6) is 0 Å². The largest absolute Gasteiger partial charge is 0.480 e. The summed E-state index contributed by atoms with van der Waals surface area (Å²) < 4.78 is 0.913. The summed E-state index contributed by atoms with van der Waals surface area (Å²) in [5.74, 6) is -0.756. The summed E-state index contributed by atoms with van der Waals surface area (Å²) in [6.45, 7) is 1.57. The Morgan fingerprint density at radius 2 is 1.94 bits per heavy atom. The van der Waals surface area contributed by atoms with Crippen molar-refractivity contribution in [3.05, 3.63) is 34.3 Å². The average molecular weight is 303 g/mol. The number of benzene rings is 1. The molecule has 3 nitrogen and oxygen atoms in total. The first-order chi connectivity index (χ1) is 7.50. The molecule has 1 atom stereocenters. The number of hydrogen-bond acceptors (Lipinski definition) is 3. The van der Waals surface area contributed by atoms with Crippen LogP contribution in [0, 0.1) is 0 Å². The summed E-state index contributed by atoms with van der Waals surface area (Å²) in [6, 6.07) is 7.02. The first-order valence-corrected chi connectivity index (χ1v) is 6.48. The number of aliphatic carboxylic acids is 1. The number of hydrogen-bond donors (Lipinski definition) is 1. The fraction of sp³-hybridized carbons (Fsp3) is 0.273. The summed E-state index contributed by atoms with van der Waals surface area (Å²) in [4.78, 5) is 22.2. The van der Waals surface area contributed by atoms with Gasteiger partial charge in [-0.15, -0.1) is 11.8 Å². The van der Waals surface area contributed by atoms with Gasteiger partial charge in [-0.3, -0.25) is 9.59 Å². The van der Waals surface area contributed by atoms with Gasteiger partial charge in [-0.25, -0.2) is 0 Å². The summed E-state index contributed by atoms with van der Waals surface area (Å²) in [5.41, 5.74) is 0.605. The molecule has 1 aromatic carbocycles. The molecule has 0 aliphatic heterocycles. The minimum absolute atomic E-state index is 0.0504. The van der Waals surface area contributed by atoms with Gasteiger partial charge in [0.1, 0.15) is 0 Å². The molecule has 1 N–H and O–H groups in total. The van der Waals surface area contributed by atoms with Gasteiger partial charge >= 0.3 is 5.97 Å². The lowest BCUT2D eigenvalue weighted by molar-refractivity contribution is -0.136. The van der Waals surface area contributed by atoms with Crippen LogP contribution in [0.1, 0.15) is 17.3 Å². The predicted octanol–water partition coefficient (Wildman–Crippen LogP) is 2.84. The van der Waals surface area contributed by atoms with Crippen molar-refractivity contribution in [1.29, 1.82) is 0 Å². The molecule has 0 unspecified atom stereocenters. The van der Waals surface area contributed by atoms with E-state index in [0.717, 1.165) is 16.2 Å². The second-order valence-corrected chi connectivity index (χ2v) is 5.47. The molecule has 16 heavy (non-hydrogen) atoms. The third-order valence-corrected chi connectivity index (χ3v) is 3.64. The fourth-order valence-electron chi connectivity index (χ4n) is 0.991. The van der Waals surface area contributed by atoms with Gasteiger partial charge in [-0.1, -0.05) is 28.1 Å². The van der Waals surface area contributed by atoms with Crippen LogP contribution in [-0.4, -0.2) is 27.9 Å². The van der Waals surface area contributed by atoms with E-state index in [2.05, 4.69) is 15.9 Å². The number of halogens is 1. The summed E-state index contributed by atoms with van der Waals surface area (Å²) in [7, 11) is 0. The van der Waals surface area contributed by atoms with Gasteiger partial charge in [0.15, 0.2) is 5.78 Å². The predicted molar refractivity (Wildman–Crippen MR) is 68.0 cm³/mol. The minimum Gasteiger partial charge on any atom is -0.480 e. The molecule has 86 valence electrons. The normalized spacial score (nSPS) is 12.1. The second-order valence-electron chi connectivity index (χ2n) is 3.22. The number of thioether (sulfide) groups is 1. The molecule has 0 fully saturated rings. The molecule has 1 rings (SSSR count). The Labute approximate surface area is 106 Å². The van der Waals surface area contributed by atoms with Crippen molar-refractivity contribution in [2.45, 2.75) is 12.2 Å². The van der Waals surface area contributed by atoms with Crippen LogP contribution in [0.4, 0.5) is 0 Å². The number of carboxylic acid groups (broad SMARTS) is 1. The number of carboxylic acids is 1. The molecule has 0 heterocycles. The van der Waals surface area contributed by atoms with E-state index in [1.165, 1.54) is 0 Å². The van der Waals surface area contributed by atoms with Gasteiger partial charge in [0.25, 0.3) is 0 Å². The van der Waals surface area contributed by atoms with Crippen molar-refractivity contribution >= 4 is 39.4 Å². The molecule has 0 radical (unpaired) electrons. The maximum atomic E-state index is 11.7. The van der Waals surface area contributed by atoms with E-state index in [9.17, 15) is 9.59 Å². The molecule has 0 spiro atoms. The molecule has 0 bridgehead atoms. The molecule has 0 aliphatic carbocycles. The zero-order valence-corrected chi connectivity index (χ0v) is 11.0. The van der Waals surface area contributed by atoms with Crippen molar-refractivity contribution in [1.82, 2.24) is 0 Å². The van der Waals surface area contributed by atoms with E-state index >= 15 is 0 Å². The van der Waals surface area contributed by atoms with Crippen LogP contribution < -0.4 is 0 Å². The quantitative estimate of drug-likeness (QED) is 0.850. The summed E-state index contributed by atoms with van der Waals surface area (Å²) >= 11 is 4.41. The van der Waals surface area contributed by atoms with Gasteiger partial charge in [-0.05, 0) is 19.1 Å². The molecule has 1 aromatic rings. The van der Waals surface area contributed by atoms with E-state index in [1.54, 1.807) is 31.2 Å². The first-order valence-electron chi connectivity index (χ1n) is 4.64. The Morgan fingerprint density at radius 1 is 1.38 bits per heavy atom. The standard InChI is InChI=1S/C11H11BrO3S/c1-7(11(14)15)16-6-10(13)8-2-4-9(12)5-3-8/h2-5,7H,6H2,1H3,(H,14,15)/t7-/m0/s1. The Bertz CT molecular complexity index is 389. The van der Waals surface area contributed by atoms with E-state index in [-0.39, 0.29) is 11.5 Å². The van der Waals surface area contributed by atoms with Crippen molar-refractivity contribution in [3.63, 3.8) is 0 Å². The lowest BCUT2D eigenvalue weighted by Crippen LogP contribution is -2.14. The van der Waals surface area contributed by atoms with Crippen molar-refractivity contribution < 1.29 is 14.7 Å². The number of carbonyl (C=O) groups excluding carboxylic acids is 1. The number of carbonyl (C=O) groups is 2. The smallest absolute Gasteiger partial charge is 0.316 e. The average Bonchev–Trinajstić information content (AvgIpc) is 2.26. The zero-order valence-electron chi connectivity index (χ0n) is 8.64. The highest BCUT2D eigenvalue weighted by atomic mass is 79.9. The minimum atomic E-state index is -0.895. The molecule has 0 aliphatic rings. The van der Waals surface area contributed by atoms with Gasteiger partial charge in [-0.2, -0.15) is 0 Å². The van der Waals surface area contributed by atoms with Crippen LogP contribution >= 0.6 is 27.7 Å². The van der Waals surface area contributed by atoms with Crippen LogP contribution in [0.2, 0.25) is 0 Å². The number of Topliss-reactive ketones (excluding diaryl/α,β-unsaturated/α-hetero) is 1. The molecule has 0 saturated heterocycles. The molecular formula is C11H11BrO3S. The van der Waals surface area contributed by atoms with Gasteiger partial charge < -0.3 is 5.11 Å². The van der Waals surface area contributed by atoms with Crippen molar-refractivity contribution in [2.24, 2.45) is 0 Å². The molecule has 0 aromatic heterocycles. The Balaban J connectivity index is 2.53. The van der Waals surface area contributed by atoms with Crippen LogP contribution in [-0.2, 0) is 4.79 Å². The summed E-state index contributed by atoms with van der Waals surface area (Å²) in [5, 5.41) is 8.11. The van der Waals surface area contributed by atoms with Crippen molar-refractivity contribution in [2.75, 3.05) is 5.75 Å². The SMILES string of the molecule is C[C@H](SCC(=O)c1ccc(Br)cc1)C(=O)O. The highest BCUT2D eigenvalue weighted by Gasteiger charge is 2.14. The highest BCUT2D eigenvalue weighted by Crippen LogP contribution is 2.15. The van der Waals surface area contributed by atoms with Gasteiger partial charge in [0.2, 0.25) is 0 Å². The third-order valence-electron chi connectivity index (χ3n) is 1.98. The molecular weight excluding hydrogens is 292 g/mol. The zero-order chi connectivity index (χ0) is 12.1. The first kappa shape index (κ1) is 13.3. The Morgan fingerprint density at radius 3 is 2.44 bits per heavy atom. The van der Waals surface area contributed by atoms with Crippen LogP contribution in [0.3, 0.4) is 0 Å². The maximum Gasteiger partial charge on any atom is 0.316 e. The van der Waals surface area contributed by atoms with E-state index in [4.69, 9.17) is 5.11 Å². The second kappa shape index (κ2) is 6.06. The molecule has 0 amide bonds. The molecule has 0 saturated carbocycles. The molecule has 5 heteroatoms. The fourth-order valence-corrected chi connectivity index (χ4v) is 1.97.